The summed E-state index contributed by atoms with van der Waals surface area (Å²) in [6.45, 7) is 1.49. The molecular formula is C14H19ClF3N3O2. The maximum Gasteiger partial charge on any atom is 0.422 e. The van der Waals surface area contributed by atoms with Gasteiger partial charge in [-0.15, -0.1) is 12.4 Å². The summed E-state index contributed by atoms with van der Waals surface area (Å²) >= 11 is 0. The molecule has 0 spiro atoms. The van der Waals surface area contributed by atoms with Gasteiger partial charge in [-0.3, -0.25) is 4.79 Å². The van der Waals surface area contributed by atoms with E-state index in [1.807, 2.05) is 0 Å². The van der Waals surface area contributed by atoms with E-state index < -0.39 is 12.8 Å². The monoisotopic (exact) mass is 353 g/mol. The number of anilines is 1. The first-order valence-electron chi connectivity index (χ1n) is 7.03. The third kappa shape index (κ3) is 6.62. The summed E-state index contributed by atoms with van der Waals surface area (Å²) in [5, 5.41) is 5.83. The number of hydrogen-bond acceptors (Lipinski definition) is 4. The highest BCUT2D eigenvalue weighted by molar-refractivity contribution is 5.94. The summed E-state index contributed by atoms with van der Waals surface area (Å²) in [5.74, 6) is 0.172. The number of alkyl halides is 3. The standard InChI is InChI=1S/C14H18F3N3O2.ClH/c1-9-4-5-18-11(6-9)13(21)20-10-2-3-12(19-7-10)22-8-14(15,16)17;/h2-3,7,9,11,18H,4-6,8H2,1H3,(H,20,21);1H. The molecule has 2 unspecified atom stereocenters. The van der Waals surface area contributed by atoms with E-state index in [9.17, 15) is 18.0 Å². The summed E-state index contributed by atoms with van der Waals surface area (Å²) < 4.78 is 40.5. The number of aromatic nitrogens is 1. The Kier molecular flexibility index (Phi) is 7.08. The number of carbonyl (C=O) groups is 1. The minimum absolute atomic E-state index is 0. The molecule has 1 amide bonds. The molecule has 0 aliphatic carbocycles. The normalized spacial score (nSPS) is 21.2. The van der Waals surface area contributed by atoms with Crippen molar-refractivity contribution in [2.45, 2.75) is 32.0 Å². The van der Waals surface area contributed by atoms with Crippen molar-refractivity contribution >= 4 is 24.0 Å². The van der Waals surface area contributed by atoms with Gasteiger partial charge < -0.3 is 15.4 Å². The van der Waals surface area contributed by atoms with Gasteiger partial charge in [0.25, 0.3) is 0 Å². The predicted molar refractivity (Wildman–Crippen MR) is 81.9 cm³/mol. The highest BCUT2D eigenvalue weighted by Crippen LogP contribution is 2.19. The summed E-state index contributed by atoms with van der Waals surface area (Å²) in [7, 11) is 0. The molecule has 23 heavy (non-hydrogen) atoms. The lowest BCUT2D eigenvalue weighted by Gasteiger charge is -2.27. The number of ether oxygens (including phenoxy) is 1. The molecular weight excluding hydrogens is 335 g/mol. The first-order valence-corrected chi connectivity index (χ1v) is 7.03. The van der Waals surface area contributed by atoms with Gasteiger partial charge in [-0.25, -0.2) is 4.98 Å². The molecule has 1 aromatic heterocycles. The van der Waals surface area contributed by atoms with E-state index in [1.54, 1.807) is 0 Å². The fraction of sp³-hybridized carbons (Fsp3) is 0.571. The zero-order chi connectivity index (χ0) is 16.2. The molecule has 1 aromatic rings. The summed E-state index contributed by atoms with van der Waals surface area (Å²) in [6, 6.07) is 2.49. The molecule has 2 heterocycles. The predicted octanol–water partition coefficient (Wildman–Crippen LogP) is 2.77. The molecule has 1 fully saturated rings. The zero-order valence-electron chi connectivity index (χ0n) is 12.5. The number of hydrogen-bond donors (Lipinski definition) is 2. The van der Waals surface area contributed by atoms with E-state index in [1.165, 1.54) is 18.3 Å². The smallest absolute Gasteiger partial charge is 0.422 e. The van der Waals surface area contributed by atoms with Crippen molar-refractivity contribution in [1.29, 1.82) is 0 Å². The Morgan fingerprint density at radius 3 is 2.78 bits per heavy atom. The van der Waals surface area contributed by atoms with Crippen LogP contribution in [0, 0.1) is 5.92 Å². The van der Waals surface area contributed by atoms with Crippen LogP contribution in [0.4, 0.5) is 18.9 Å². The summed E-state index contributed by atoms with van der Waals surface area (Å²) in [4.78, 5) is 15.8. The molecule has 2 rings (SSSR count). The number of rotatable bonds is 4. The third-order valence-electron chi connectivity index (χ3n) is 3.37. The van der Waals surface area contributed by atoms with Crippen LogP contribution in [0.2, 0.25) is 0 Å². The van der Waals surface area contributed by atoms with Crippen LogP contribution >= 0.6 is 12.4 Å². The van der Waals surface area contributed by atoms with Crippen molar-refractivity contribution in [2.75, 3.05) is 18.5 Å². The van der Waals surface area contributed by atoms with Crippen molar-refractivity contribution in [2.24, 2.45) is 5.92 Å². The molecule has 9 heteroatoms. The molecule has 2 N–H and O–H groups in total. The Bertz CT molecular complexity index is 511. The average molecular weight is 354 g/mol. The van der Waals surface area contributed by atoms with Gasteiger partial charge in [0, 0.05) is 6.07 Å². The van der Waals surface area contributed by atoms with Crippen LogP contribution in [0.5, 0.6) is 5.88 Å². The number of piperidine rings is 1. The summed E-state index contributed by atoms with van der Waals surface area (Å²) in [6.07, 6.45) is -1.34. The van der Waals surface area contributed by atoms with Crippen LogP contribution in [0.25, 0.3) is 0 Å². The van der Waals surface area contributed by atoms with Gasteiger partial charge in [0.1, 0.15) is 0 Å². The number of halogens is 4. The maximum atomic E-state index is 12.1. The van der Waals surface area contributed by atoms with Gasteiger partial charge in [0.15, 0.2) is 6.61 Å². The van der Waals surface area contributed by atoms with E-state index in [0.29, 0.717) is 11.6 Å². The molecule has 2 atom stereocenters. The topological polar surface area (TPSA) is 63.2 Å². The number of nitrogens with one attached hydrogen (secondary N) is 2. The number of nitrogens with zero attached hydrogens (tertiary/aromatic N) is 1. The quantitative estimate of drug-likeness (QED) is 0.873. The second-order valence-corrected chi connectivity index (χ2v) is 5.41. The Labute approximate surface area is 138 Å². The minimum Gasteiger partial charge on any atom is -0.468 e. The first-order chi connectivity index (χ1) is 10.3. The van der Waals surface area contributed by atoms with Gasteiger partial charge in [-0.05, 0) is 31.4 Å². The number of carbonyl (C=O) groups excluding carboxylic acids is 1. The molecule has 0 radical (unpaired) electrons. The molecule has 1 aliphatic rings. The molecule has 0 saturated carbocycles. The fourth-order valence-corrected chi connectivity index (χ4v) is 2.23. The second kappa shape index (κ2) is 8.35. The molecule has 1 saturated heterocycles. The van der Waals surface area contributed by atoms with Crippen LogP contribution in [0.3, 0.4) is 0 Å². The van der Waals surface area contributed by atoms with Gasteiger partial charge in [-0.1, -0.05) is 6.92 Å². The van der Waals surface area contributed by atoms with Crippen molar-refractivity contribution in [1.82, 2.24) is 10.3 Å². The molecule has 130 valence electrons. The average Bonchev–Trinajstić information content (AvgIpc) is 2.46. The SMILES string of the molecule is CC1CCNC(C(=O)Nc2ccc(OCC(F)(F)F)nc2)C1.Cl. The van der Waals surface area contributed by atoms with Crippen molar-refractivity contribution in [3.63, 3.8) is 0 Å². The Morgan fingerprint density at radius 2 is 2.22 bits per heavy atom. The Morgan fingerprint density at radius 1 is 1.48 bits per heavy atom. The lowest BCUT2D eigenvalue weighted by molar-refractivity contribution is -0.154. The molecule has 0 aromatic carbocycles. The van der Waals surface area contributed by atoms with Crippen molar-refractivity contribution < 1.29 is 22.7 Å². The van der Waals surface area contributed by atoms with E-state index >= 15 is 0 Å². The second-order valence-electron chi connectivity index (χ2n) is 5.41. The number of pyridine rings is 1. The van der Waals surface area contributed by atoms with Crippen LogP contribution in [0.1, 0.15) is 19.8 Å². The first kappa shape index (κ1) is 19.5. The molecule has 5 nitrogen and oxygen atoms in total. The highest BCUT2D eigenvalue weighted by Gasteiger charge is 2.28. The van der Waals surface area contributed by atoms with Crippen LogP contribution in [0.15, 0.2) is 18.3 Å². The highest BCUT2D eigenvalue weighted by atomic mass is 35.5. The molecule has 1 aliphatic heterocycles. The maximum absolute atomic E-state index is 12.1. The van der Waals surface area contributed by atoms with E-state index in [0.717, 1.165) is 19.4 Å². The van der Waals surface area contributed by atoms with Crippen molar-refractivity contribution in [3.05, 3.63) is 18.3 Å². The Hall–Kier alpha value is -1.54. The minimum atomic E-state index is -4.40. The van der Waals surface area contributed by atoms with Gasteiger partial charge in [0.05, 0.1) is 17.9 Å². The largest absolute Gasteiger partial charge is 0.468 e. The van der Waals surface area contributed by atoms with Crippen LogP contribution in [-0.2, 0) is 4.79 Å². The third-order valence-corrected chi connectivity index (χ3v) is 3.37. The van der Waals surface area contributed by atoms with Crippen molar-refractivity contribution in [3.8, 4) is 5.88 Å². The van der Waals surface area contributed by atoms with Gasteiger partial charge in [0.2, 0.25) is 11.8 Å². The van der Waals surface area contributed by atoms with Crippen LogP contribution in [-0.4, -0.2) is 36.3 Å². The van der Waals surface area contributed by atoms with Crippen LogP contribution < -0.4 is 15.4 Å². The number of amides is 1. The van der Waals surface area contributed by atoms with E-state index in [-0.39, 0.29) is 30.2 Å². The van der Waals surface area contributed by atoms with E-state index in [4.69, 9.17) is 0 Å². The molecule has 0 bridgehead atoms. The summed E-state index contributed by atoms with van der Waals surface area (Å²) in [5.41, 5.74) is 0.421. The van der Waals surface area contributed by atoms with Gasteiger partial charge >= 0.3 is 6.18 Å². The van der Waals surface area contributed by atoms with Gasteiger partial charge in [-0.2, -0.15) is 13.2 Å². The zero-order valence-corrected chi connectivity index (χ0v) is 13.3. The Balaban J connectivity index is 0.00000264. The lowest BCUT2D eigenvalue weighted by atomic mass is 9.94. The van der Waals surface area contributed by atoms with E-state index in [2.05, 4.69) is 27.3 Å². The fourth-order valence-electron chi connectivity index (χ4n) is 2.23. The lowest BCUT2D eigenvalue weighted by Crippen LogP contribution is -2.45.